The van der Waals surface area contributed by atoms with E-state index in [1.54, 1.807) is 37.4 Å². The number of hydrogen-bond acceptors (Lipinski definition) is 4. The van der Waals surface area contributed by atoms with Crippen LogP contribution in [0.5, 0.6) is 5.75 Å². The standard InChI is InChI=1S/C19H21ClN2O4S/c1-21-27(24,25)18-12-14(7-9-17(18)26-3)8-10-19(23)22(2)13-15-5-4-6-16(20)11-15/h4-12,21H,13H2,1-3H3/b10-8+. The van der Waals surface area contributed by atoms with Crippen LogP contribution in [-0.4, -0.2) is 40.4 Å². The van der Waals surface area contributed by atoms with Crippen molar-refractivity contribution in [1.82, 2.24) is 9.62 Å². The Morgan fingerprint density at radius 3 is 2.63 bits per heavy atom. The number of hydrogen-bond donors (Lipinski definition) is 1. The number of carbonyl (C=O) groups is 1. The maximum atomic E-state index is 12.3. The smallest absolute Gasteiger partial charge is 0.246 e. The van der Waals surface area contributed by atoms with E-state index in [-0.39, 0.29) is 16.6 Å². The summed E-state index contributed by atoms with van der Waals surface area (Å²) in [6, 6.07) is 12.0. The molecule has 0 saturated carbocycles. The molecule has 0 spiro atoms. The average Bonchev–Trinajstić information content (AvgIpc) is 2.65. The number of nitrogens with zero attached hydrogens (tertiary/aromatic N) is 1. The molecule has 0 aliphatic heterocycles. The second-order valence-electron chi connectivity index (χ2n) is 5.78. The first-order chi connectivity index (χ1) is 12.8. The van der Waals surface area contributed by atoms with Crippen molar-refractivity contribution in [2.75, 3.05) is 21.2 Å². The normalized spacial score (nSPS) is 11.6. The highest BCUT2D eigenvalue weighted by molar-refractivity contribution is 7.89. The van der Waals surface area contributed by atoms with Crippen LogP contribution in [0, 0.1) is 0 Å². The summed E-state index contributed by atoms with van der Waals surface area (Å²) < 4.78 is 31.6. The summed E-state index contributed by atoms with van der Waals surface area (Å²) in [6.45, 7) is 0.408. The zero-order valence-corrected chi connectivity index (χ0v) is 16.8. The molecular weight excluding hydrogens is 388 g/mol. The summed E-state index contributed by atoms with van der Waals surface area (Å²) >= 11 is 5.96. The quantitative estimate of drug-likeness (QED) is 0.715. The maximum absolute atomic E-state index is 12.3. The first kappa shape index (κ1) is 21.0. The van der Waals surface area contributed by atoms with Crippen LogP contribution in [0.2, 0.25) is 5.02 Å². The van der Waals surface area contributed by atoms with Crippen LogP contribution in [0.3, 0.4) is 0 Å². The Kier molecular flexibility index (Phi) is 7.01. The van der Waals surface area contributed by atoms with Crippen molar-refractivity contribution < 1.29 is 17.9 Å². The van der Waals surface area contributed by atoms with Gasteiger partial charge in [0.05, 0.1) is 7.11 Å². The molecule has 0 fully saturated rings. The van der Waals surface area contributed by atoms with Crippen LogP contribution in [0.15, 0.2) is 53.4 Å². The van der Waals surface area contributed by atoms with Gasteiger partial charge in [0.15, 0.2) is 0 Å². The molecule has 0 saturated heterocycles. The summed E-state index contributed by atoms with van der Waals surface area (Å²) in [5.41, 5.74) is 1.48. The molecule has 2 aromatic rings. The molecule has 1 N–H and O–H groups in total. The Morgan fingerprint density at radius 1 is 1.26 bits per heavy atom. The summed E-state index contributed by atoms with van der Waals surface area (Å²) in [4.78, 5) is 13.9. The highest BCUT2D eigenvalue weighted by atomic mass is 35.5. The lowest BCUT2D eigenvalue weighted by Crippen LogP contribution is -2.24. The molecule has 0 aliphatic carbocycles. The molecule has 1 amide bonds. The first-order valence-electron chi connectivity index (χ1n) is 8.06. The predicted octanol–water partition coefficient (Wildman–Crippen LogP) is 2.93. The lowest BCUT2D eigenvalue weighted by Gasteiger charge is -2.15. The van der Waals surface area contributed by atoms with Crippen molar-refractivity contribution in [3.63, 3.8) is 0 Å². The van der Waals surface area contributed by atoms with Gasteiger partial charge in [0.2, 0.25) is 15.9 Å². The minimum Gasteiger partial charge on any atom is -0.495 e. The number of carbonyl (C=O) groups excluding carboxylic acids is 1. The Bertz CT molecular complexity index is 958. The molecule has 144 valence electrons. The number of sulfonamides is 1. The molecular formula is C19H21ClN2O4S. The van der Waals surface area contributed by atoms with Gasteiger partial charge in [-0.2, -0.15) is 0 Å². The zero-order valence-electron chi connectivity index (χ0n) is 15.3. The molecule has 8 heteroatoms. The van der Waals surface area contributed by atoms with Crippen LogP contribution >= 0.6 is 11.6 Å². The van der Waals surface area contributed by atoms with Crippen LogP contribution in [0.1, 0.15) is 11.1 Å². The van der Waals surface area contributed by atoms with Gasteiger partial charge in [0.1, 0.15) is 10.6 Å². The summed E-state index contributed by atoms with van der Waals surface area (Å²) in [6.07, 6.45) is 2.95. The Hall–Kier alpha value is -2.35. The fourth-order valence-corrected chi connectivity index (χ4v) is 3.54. The van der Waals surface area contributed by atoms with E-state index in [4.69, 9.17) is 16.3 Å². The number of rotatable bonds is 7. The maximum Gasteiger partial charge on any atom is 0.246 e. The summed E-state index contributed by atoms with van der Waals surface area (Å²) in [5.74, 6) is 0.00900. The summed E-state index contributed by atoms with van der Waals surface area (Å²) in [7, 11) is 0.721. The van der Waals surface area contributed by atoms with Gasteiger partial charge in [-0.1, -0.05) is 29.8 Å². The number of methoxy groups -OCH3 is 1. The number of ether oxygens (including phenoxy) is 1. The van der Waals surface area contributed by atoms with Crippen molar-refractivity contribution in [3.05, 3.63) is 64.7 Å². The largest absolute Gasteiger partial charge is 0.495 e. The van der Waals surface area contributed by atoms with Crippen molar-refractivity contribution >= 4 is 33.6 Å². The number of likely N-dealkylation sites (N-methyl/N-ethyl adjacent to an activating group) is 1. The minimum atomic E-state index is -3.68. The van der Waals surface area contributed by atoms with Gasteiger partial charge in [-0.05, 0) is 48.5 Å². The zero-order chi connectivity index (χ0) is 20.0. The highest BCUT2D eigenvalue weighted by Crippen LogP contribution is 2.25. The Morgan fingerprint density at radius 2 is 2.00 bits per heavy atom. The molecule has 0 bridgehead atoms. The van der Waals surface area contributed by atoms with Gasteiger partial charge < -0.3 is 9.64 Å². The van der Waals surface area contributed by atoms with E-state index in [0.717, 1.165) is 5.56 Å². The van der Waals surface area contributed by atoms with Gasteiger partial charge in [-0.25, -0.2) is 13.1 Å². The van der Waals surface area contributed by atoms with Crippen LogP contribution in [0.4, 0.5) is 0 Å². The second-order valence-corrected chi connectivity index (χ2v) is 8.07. The van der Waals surface area contributed by atoms with E-state index in [1.165, 1.54) is 31.2 Å². The Balaban J connectivity index is 2.17. The van der Waals surface area contributed by atoms with Gasteiger partial charge in [-0.3, -0.25) is 4.79 Å². The molecule has 2 aromatic carbocycles. The minimum absolute atomic E-state index is 0.00869. The van der Waals surface area contributed by atoms with E-state index >= 15 is 0 Å². The van der Waals surface area contributed by atoms with E-state index in [0.29, 0.717) is 17.1 Å². The molecule has 0 aromatic heterocycles. The molecule has 0 unspecified atom stereocenters. The fourth-order valence-electron chi connectivity index (χ4n) is 2.40. The van der Waals surface area contributed by atoms with Crippen molar-refractivity contribution in [2.45, 2.75) is 11.4 Å². The van der Waals surface area contributed by atoms with E-state index in [1.807, 2.05) is 12.1 Å². The number of halogens is 1. The Labute approximate surface area is 164 Å². The average molecular weight is 409 g/mol. The predicted molar refractivity (Wildman–Crippen MR) is 106 cm³/mol. The number of amides is 1. The SMILES string of the molecule is CNS(=O)(=O)c1cc(/C=C/C(=O)N(C)Cc2cccc(Cl)c2)ccc1OC. The summed E-state index contributed by atoms with van der Waals surface area (Å²) in [5, 5.41) is 0.611. The molecule has 6 nitrogen and oxygen atoms in total. The van der Waals surface area contributed by atoms with E-state index in [2.05, 4.69) is 4.72 Å². The topological polar surface area (TPSA) is 75.7 Å². The van der Waals surface area contributed by atoms with Crippen LogP contribution in [0.25, 0.3) is 6.08 Å². The third-order valence-corrected chi connectivity index (χ3v) is 5.52. The van der Waals surface area contributed by atoms with E-state index < -0.39 is 10.0 Å². The lowest BCUT2D eigenvalue weighted by atomic mass is 10.2. The van der Waals surface area contributed by atoms with Gasteiger partial charge >= 0.3 is 0 Å². The van der Waals surface area contributed by atoms with Crippen molar-refractivity contribution in [2.24, 2.45) is 0 Å². The van der Waals surface area contributed by atoms with Gasteiger partial charge in [-0.15, -0.1) is 0 Å². The van der Waals surface area contributed by atoms with Crippen LogP contribution < -0.4 is 9.46 Å². The van der Waals surface area contributed by atoms with Gasteiger partial charge in [0.25, 0.3) is 0 Å². The molecule has 27 heavy (non-hydrogen) atoms. The van der Waals surface area contributed by atoms with Crippen molar-refractivity contribution in [1.29, 1.82) is 0 Å². The molecule has 0 radical (unpaired) electrons. The first-order valence-corrected chi connectivity index (χ1v) is 9.92. The second kappa shape index (κ2) is 9.03. The lowest BCUT2D eigenvalue weighted by molar-refractivity contribution is -0.125. The molecule has 2 rings (SSSR count). The highest BCUT2D eigenvalue weighted by Gasteiger charge is 2.17. The van der Waals surface area contributed by atoms with Crippen molar-refractivity contribution in [3.8, 4) is 5.75 Å². The molecule has 0 heterocycles. The fraction of sp³-hybridized carbons (Fsp3) is 0.211. The monoisotopic (exact) mass is 408 g/mol. The van der Waals surface area contributed by atoms with E-state index in [9.17, 15) is 13.2 Å². The third kappa shape index (κ3) is 5.56. The van der Waals surface area contributed by atoms with Crippen LogP contribution in [-0.2, 0) is 21.4 Å². The molecule has 0 aliphatic rings. The number of benzene rings is 2. The number of nitrogens with one attached hydrogen (secondary N) is 1. The third-order valence-electron chi connectivity index (χ3n) is 3.85. The molecule has 0 atom stereocenters. The van der Waals surface area contributed by atoms with Gasteiger partial charge in [0, 0.05) is 24.7 Å².